The van der Waals surface area contributed by atoms with Gasteiger partial charge in [-0.05, 0) is 26.7 Å². The van der Waals surface area contributed by atoms with Gasteiger partial charge in [-0.2, -0.15) is 0 Å². The molecule has 53 heavy (non-hydrogen) atoms. The number of hydroxylamine groups is 2. The van der Waals surface area contributed by atoms with E-state index in [-0.39, 0.29) is 77.9 Å². The molecule has 0 aromatic rings. The zero-order valence-electron chi connectivity index (χ0n) is 29.4. The maximum absolute atomic E-state index is 13.3. The van der Waals surface area contributed by atoms with Crippen LogP contribution in [-0.2, 0) is 57.3 Å². The quantitative estimate of drug-likeness (QED) is 0.0575. The van der Waals surface area contributed by atoms with E-state index in [0.717, 1.165) is 0 Å². The molecule has 298 valence electrons. The van der Waals surface area contributed by atoms with Crippen molar-refractivity contribution in [3.8, 4) is 0 Å². The summed E-state index contributed by atoms with van der Waals surface area (Å²) in [6.07, 6.45) is -11.9. The van der Waals surface area contributed by atoms with E-state index in [1.54, 1.807) is 0 Å². The number of nitrogens with zero attached hydrogens (tertiary/aromatic N) is 2. The van der Waals surface area contributed by atoms with Crippen molar-refractivity contribution >= 4 is 41.3 Å². The topological polar surface area (TPSA) is 297 Å². The Hall–Kier alpha value is -3.67. The van der Waals surface area contributed by atoms with Gasteiger partial charge in [0, 0.05) is 51.9 Å². The fourth-order valence-corrected chi connectivity index (χ4v) is 6.18. The molecule has 4 saturated heterocycles. The number of hydrogen-bond donors (Lipinski definition) is 7. The smallest absolute Gasteiger partial charge is 0.333 e. The van der Waals surface area contributed by atoms with Crippen LogP contribution in [0.5, 0.6) is 0 Å². The molecule has 7 N–H and O–H groups in total. The molecule has 0 spiro atoms. The first-order chi connectivity index (χ1) is 25.1. The predicted molar refractivity (Wildman–Crippen MR) is 171 cm³/mol. The molecular formula is C32H48N4O17. The van der Waals surface area contributed by atoms with Gasteiger partial charge in [-0.25, -0.2) is 4.79 Å². The molecule has 0 bridgehead atoms. The summed E-state index contributed by atoms with van der Waals surface area (Å²) in [6.45, 7) is 2.01. The number of likely N-dealkylation sites (tertiary alicyclic amines) is 1. The summed E-state index contributed by atoms with van der Waals surface area (Å²) in [5.74, 6) is -6.53. The number of Topliss-reactive ketones (excluding diaryl/α,β-unsaturated/α-hetero) is 1. The number of unbranched alkanes of at least 4 members (excludes halogenated alkanes) is 1. The zero-order chi connectivity index (χ0) is 39.0. The fraction of sp³-hybridized carbons (Fsp3) is 0.781. The highest BCUT2D eigenvalue weighted by Gasteiger charge is 2.45. The number of imide groups is 1. The number of aliphatic hydroxyl groups is 5. The van der Waals surface area contributed by atoms with Crippen molar-refractivity contribution in [2.45, 2.75) is 108 Å². The first-order valence-electron chi connectivity index (χ1n) is 17.5. The van der Waals surface area contributed by atoms with E-state index in [1.165, 1.54) is 18.7 Å². The molecule has 0 aromatic carbocycles. The van der Waals surface area contributed by atoms with Crippen LogP contribution < -0.4 is 10.6 Å². The Balaban J connectivity index is 1.27. The number of carbonyl (C=O) groups is 7. The van der Waals surface area contributed by atoms with E-state index in [4.69, 9.17) is 23.8 Å². The molecule has 21 heteroatoms. The third-order valence-electron chi connectivity index (χ3n) is 9.40. The van der Waals surface area contributed by atoms with Crippen LogP contribution in [0, 0.1) is 11.8 Å². The molecule has 5 amide bonds. The minimum absolute atomic E-state index is 0.0434. The van der Waals surface area contributed by atoms with E-state index >= 15 is 0 Å². The van der Waals surface area contributed by atoms with Crippen LogP contribution in [0.1, 0.15) is 52.4 Å². The van der Waals surface area contributed by atoms with Crippen molar-refractivity contribution in [2.24, 2.45) is 11.8 Å². The fourth-order valence-electron chi connectivity index (χ4n) is 6.18. The highest BCUT2D eigenvalue weighted by atomic mass is 16.7. The number of ketones is 1. The number of ether oxygens (including phenoxy) is 4. The third-order valence-corrected chi connectivity index (χ3v) is 9.40. The van der Waals surface area contributed by atoms with E-state index in [0.29, 0.717) is 5.06 Å². The van der Waals surface area contributed by atoms with Crippen LogP contribution in [0.25, 0.3) is 0 Å². The molecule has 0 saturated carbocycles. The van der Waals surface area contributed by atoms with Crippen LogP contribution in [0.15, 0.2) is 0 Å². The second-order valence-corrected chi connectivity index (χ2v) is 13.3. The van der Waals surface area contributed by atoms with Crippen molar-refractivity contribution in [3.63, 3.8) is 0 Å². The van der Waals surface area contributed by atoms with E-state index in [2.05, 4.69) is 10.6 Å². The Morgan fingerprint density at radius 1 is 0.736 bits per heavy atom. The van der Waals surface area contributed by atoms with Crippen molar-refractivity contribution in [1.29, 1.82) is 0 Å². The molecule has 0 aliphatic carbocycles. The lowest BCUT2D eigenvalue weighted by Crippen LogP contribution is -2.57. The maximum atomic E-state index is 13.3. The van der Waals surface area contributed by atoms with Crippen LogP contribution in [0.2, 0.25) is 0 Å². The normalized spacial score (nSPS) is 33.3. The van der Waals surface area contributed by atoms with Gasteiger partial charge in [-0.3, -0.25) is 28.8 Å². The number of carbonyl (C=O) groups excluding carboxylic acids is 7. The van der Waals surface area contributed by atoms with Gasteiger partial charge in [-0.15, -0.1) is 5.06 Å². The Labute approximate surface area is 303 Å². The second-order valence-electron chi connectivity index (χ2n) is 13.3. The lowest BCUT2D eigenvalue weighted by Gasteiger charge is -2.38. The molecule has 11 atom stereocenters. The Morgan fingerprint density at radius 3 is 1.89 bits per heavy atom. The predicted octanol–water partition coefficient (Wildman–Crippen LogP) is -4.64. The minimum atomic E-state index is -1.70. The number of nitrogens with one attached hydrogen (secondary N) is 2. The van der Waals surface area contributed by atoms with Gasteiger partial charge < -0.3 is 64.9 Å². The van der Waals surface area contributed by atoms with Gasteiger partial charge in [0.05, 0.1) is 37.3 Å². The average Bonchev–Trinajstić information content (AvgIpc) is 3.72. The molecular weight excluding hydrogens is 712 g/mol. The summed E-state index contributed by atoms with van der Waals surface area (Å²) < 4.78 is 21.4. The average molecular weight is 761 g/mol. The van der Waals surface area contributed by atoms with E-state index in [1.807, 2.05) is 0 Å². The summed E-state index contributed by atoms with van der Waals surface area (Å²) in [5, 5.41) is 55.3. The summed E-state index contributed by atoms with van der Waals surface area (Å²) in [4.78, 5) is 93.5. The molecule has 1 unspecified atom stereocenters. The molecule has 4 rings (SSSR count). The number of aliphatic hydroxyl groups excluding tert-OH is 5. The van der Waals surface area contributed by atoms with Gasteiger partial charge in [-0.1, -0.05) is 0 Å². The van der Waals surface area contributed by atoms with Crippen LogP contribution in [-0.4, -0.2) is 171 Å². The summed E-state index contributed by atoms with van der Waals surface area (Å²) in [5.41, 5.74) is 0. The highest BCUT2D eigenvalue weighted by molar-refractivity contribution is 6.01. The van der Waals surface area contributed by atoms with E-state index in [9.17, 15) is 59.1 Å². The minimum Gasteiger partial charge on any atom is -0.388 e. The first kappa shape index (κ1) is 42.1. The molecule has 4 aliphatic heterocycles. The SMILES string of the molecule is C[C@@H]1O[C@@H](OCCNC(=O)[C@@H]2CN(C(=O)CCCCC(=O)ON3C(=O)CCC3=O)C[C@@H]2C(=O)NCCO[C@@H]2O[C@@H](C)[C@@H](O)[C@@H](O)C2O)C(=O)[C@H](O)[C@@H]1O. The van der Waals surface area contributed by atoms with Crippen LogP contribution in [0.4, 0.5) is 0 Å². The second kappa shape index (κ2) is 19.1. The van der Waals surface area contributed by atoms with Crippen molar-refractivity contribution in [2.75, 3.05) is 39.4 Å². The summed E-state index contributed by atoms with van der Waals surface area (Å²) in [7, 11) is 0. The summed E-state index contributed by atoms with van der Waals surface area (Å²) >= 11 is 0. The first-order valence-corrected chi connectivity index (χ1v) is 17.5. The highest BCUT2D eigenvalue weighted by Crippen LogP contribution is 2.26. The number of amides is 5. The molecule has 4 fully saturated rings. The van der Waals surface area contributed by atoms with Gasteiger partial charge in [0.1, 0.15) is 30.5 Å². The molecule has 0 aromatic heterocycles. The molecule has 21 nitrogen and oxygen atoms in total. The Kier molecular flexibility index (Phi) is 15.1. The van der Waals surface area contributed by atoms with Crippen LogP contribution >= 0.6 is 0 Å². The molecule has 4 heterocycles. The Morgan fingerprint density at radius 2 is 1.28 bits per heavy atom. The van der Waals surface area contributed by atoms with Gasteiger partial charge in [0.25, 0.3) is 11.8 Å². The maximum Gasteiger partial charge on any atom is 0.333 e. The number of rotatable bonds is 16. The van der Waals surface area contributed by atoms with Gasteiger partial charge in [0.15, 0.2) is 6.29 Å². The van der Waals surface area contributed by atoms with E-state index < -0.39 is 108 Å². The molecule has 0 radical (unpaired) electrons. The van der Waals surface area contributed by atoms with Crippen LogP contribution in [0.3, 0.4) is 0 Å². The Bertz CT molecular complexity index is 1350. The number of hydrogen-bond acceptors (Lipinski definition) is 17. The lowest BCUT2D eigenvalue weighted by atomic mass is 9.94. The summed E-state index contributed by atoms with van der Waals surface area (Å²) in [6, 6.07) is 0. The van der Waals surface area contributed by atoms with Gasteiger partial charge >= 0.3 is 5.97 Å². The van der Waals surface area contributed by atoms with Crippen molar-refractivity contribution in [1.82, 2.24) is 20.6 Å². The lowest BCUT2D eigenvalue weighted by molar-refractivity contribution is -0.292. The van der Waals surface area contributed by atoms with Crippen molar-refractivity contribution < 1.29 is 82.9 Å². The largest absolute Gasteiger partial charge is 0.388 e. The monoisotopic (exact) mass is 760 g/mol. The molecule has 4 aliphatic rings. The zero-order valence-corrected chi connectivity index (χ0v) is 29.4. The van der Waals surface area contributed by atoms with Gasteiger partial charge in [0.2, 0.25) is 29.8 Å². The van der Waals surface area contributed by atoms with Crippen molar-refractivity contribution in [3.05, 3.63) is 0 Å². The standard InChI is InChI=1S/C32H48N4O17/c1-15-23(41)25(43)27(45)31(51-15)49-11-9-33-29(47)17-13-35(19(37)5-3-4-6-22(40)53-36-20(38)7-8-21(36)39)14-18(17)30(48)34-10-12-50-32-28(46)26(44)24(42)16(2)52-32/h15-18,23-27,31-32,41-45H,3-14H2,1-2H3,(H,33,47)(H,34,48)/t15-,16-,17-,18+,23+,24+,25+,26+,27?,31+,32+/m0/s1. The third kappa shape index (κ3) is 10.7.